The Hall–Kier alpha value is -2.56. The van der Waals surface area contributed by atoms with Crippen LogP contribution in [0.4, 0.5) is 17.6 Å². The monoisotopic (exact) mass is 458 g/mol. The highest BCUT2D eigenvalue weighted by molar-refractivity contribution is 5.89. The van der Waals surface area contributed by atoms with E-state index in [1.807, 2.05) is 12.1 Å². The van der Waals surface area contributed by atoms with Crippen molar-refractivity contribution in [1.29, 1.82) is 0 Å². The van der Waals surface area contributed by atoms with Gasteiger partial charge < -0.3 is 4.74 Å². The average molecular weight is 459 g/mol. The van der Waals surface area contributed by atoms with Gasteiger partial charge in [0.05, 0.1) is 0 Å². The summed E-state index contributed by atoms with van der Waals surface area (Å²) in [7, 11) is 0. The van der Waals surface area contributed by atoms with Crippen molar-refractivity contribution in [2.45, 2.75) is 70.8 Å². The van der Waals surface area contributed by atoms with Crippen molar-refractivity contribution < 1.29 is 22.3 Å². The maximum Gasteiger partial charge on any atom is 0.387 e. The molecule has 0 aromatic heterocycles. The third kappa shape index (κ3) is 5.51. The molecule has 33 heavy (non-hydrogen) atoms. The Balaban J connectivity index is 1.47. The molecule has 176 valence electrons. The first kappa shape index (κ1) is 23.6. The number of ether oxygens (including phenoxy) is 1. The van der Waals surface area contributed by atoms with Crippen molar-refractivity contribution in [2.24, 2.45) is 5.92 Å². The molecule has 1 saturated carbocycles. The van der Waals surface area contributed by atoms with E-state index in [2.05, 4.69) is 23.8 Å². The van der Waals surface area contributed by atoms with E-state index in [9.17, 15) is 17.6 Å². The Morgan fingerprint density at radius 2 is 1.58 bits per heavy atom. The number of unbranched alkanes of at least 4 members (excludes halogenated alkanes) is 2. The number of halogens is 4. The third-order valence-corrected chi connectivity index (χ3v) is 6.97. The van der Waals surface area contributed by atoms with Crippen LogP contribution in [0, 0.1) is 17.6 Å². The van der Waals surface area contributed by atoms with E-state index in [-0.39, 0.29) is 5.39 Å². The topological polar surface area (TPSA) is 9.23 Å². The molecule has 0 N–H and O–H groups in total. The van der Waals surface area contributed by atoms with Crippen molar-refractivity contribution in [2.75, 3.05) is 0 Å². The summed E-state index contributed by atoms with van der Waals surface area (Å²) in [4.78, 5) is 0. The molecular weight excluding hydrogens is 428 g/mol. The fourth-order valence-electron chi connectivity index (χ4n) is 5.10. The van der Waals surface area contributed by atoms with Gasteiger partial charge in [-0.05, 0) is 71.7 Å². The lowest BCUT2D eigenvalue weighted by molar-refractivity contribution is -0.0544. The summed E-state index contributed by atoms with van der Waals surface area (Å²) in [6, 6.07) is 14.3. The summed E-state index contributed by atoms with van der Waals surface area (Å²) >= 11 is 0. The number of fused-ring (bicyclic) bond motifs is 1. The zero-order valence-corrected chi connectivity index (χ0v) is 18.9. The van der Waals surface area contributed by atoms with Crippen LogP contribution in [-0.4, -0.2) is 6.61 Å². The Bertz CT molecular complexity index is 1070. The van der Waals surface area contributed by atoms with Gasteiger partial charge in [0.1, 0.15) is 0 Å². The largest absolute Gasteiger partial charge is 0.429 e. The standard InChI is InChI=1S/C28H30F4O/c1-2-3-4-5-18-6-8-19(9-7-18)20-10-12-21(13-11-20)22-14-15-24-23(16-22)17-25(29)27(26(24)30)33-28(31)32/h10-19,28H,2-9H2,1H3. The maximum absolute atomic E-state index is 14.5. The predicted molar refractivity (Wildman–Crippen MR) is 125 cm³/mol. The minimum Gasteiger partial charge on any atom is -0.429 e. The Kier molecular flexibility index (Phi) is 7.56. The smallest absolute Gasteiger partial charge is 0.387 e. The van der Waals surface area contributed by atoms with Crippen molar-refractivity contribution in [3.05, 3.63) is 65.7 Å². The molecule has 0 atom stereocenters. The van der Waals surface area contributed by atoms with E-state index >= 15 is 0 Å². The van der Waals surface area contributed by atoms with Crippen LogP contribution < -0.4 is 4.74 Å². The van der Waals surface area contributed by atoms with E-state index in [4.69, 9.17) is 0 Å². The summed E-state index contributed by atoms with van der Waals surface area (Å²) in [6.07, 6.45) is 10.4. The van der Waals surface area contributed by atoms with E-state index in [1.54, 1.807) is 12.1 Å². The fraction of sp³-hybridized carbons (Fsp3) is 0.429. The van der Waals surface area contributed by atoms with Crippen molar-refractivity contribution in [3.8, 4) is 16.9 Å². The summed E-state index contributed by atoms with van der Waals surface area (Å²) in [5.74, 6) is -1.84. The number of hydrogen-bond acceptors (Lipinski definition) is 1. The van der Waals surface area contributed by atoms with Crippen LogP contribution in [0.2, 0.25) is 0 Å². The molecule has 1 aliphatic carbocycles. The number of benzene rings is 3. The lowest BCUT2D eigenvalue weighted by atomic mass is 9.77. The highest BCUT2D eigenvalue weighted by atomic mass is 19.3. The third-order valence-electron chi connectivity index (χ3n) is 6.97. The molecule has 0 radical (unpaired) electrons. The molecule has 0 spiro atoms. The van der Waals surface area contributed by atoms with Gasteiger partial charge in [-0.3, -0.25) is 0 Å². The summed E-state index contributed by atoms with van der Waals surface area (Å²) in [5.41, 5.74) is 3.11. The molecule has 1 fully saturated rings. The van der Waals surface area contributed by atoms with Crippen LogP contribution in [0.25, 0.3) is 21.9 Å². The van der Waals surface area contributed by atoms with Crippen molar-refractivity contribution in [1.82, 2.24) is 0 Å². The summed E-state index contributed by atoms with van der Waals surface area (Å²) < 4.78 is 57.6. The van der Waals surface area contributed by atoms with E-state index in [0.717, 1.165) is 23.1 Å². The van der Waals surface area contributed by atoms with Crippen LogP contribution in [0.3, 0.4) is 0 Å². The second-order valence-corrected chi connectivity index (χ2v) is 9.15. The molecule has 3 aromatic carbocycles. The van der Waals surface area contributed by atoms with Gasteiger partial charge in [-0.1, -0.05) is 69.0 Å². The maximum atomic E-state index is 14.5. The van der Waals surface area contributed by atoms with Gasteiger partial charge in [-0.2, -0.15) is 8.78 Å². The van der Waals surface area contributed by atoms with Gasteiger partial charge in [0.15, 0.2) is 17.4 Å². The first-order valence-corrected chi connectivity index (χ1v) is 11.9. The molecule has 0 unspecified atom stereocenters. The Morgan fingerprint density at radius 1 is 0.879 bits per heavy atom. The predicted octanol–water partition coefficient (Wildman–Crippen LogP) is 9.24. The highest BCUT2D eigenvalue weighted by Gasteiger charge is 2.22. The molecule has 0 saturated heterocycles. The van der Waals surface area contributed by atoms with Gasteiger partial charge in [-0.25, -0.2) is 8.78 Å². The normalized spacial score (nSPS) is 18.7. The Labute approximate surface area is 192 Å². The molecule has 0 heterocycles. The van der Waals surface area contributed by atoms with E-state index in [1.165, 1.54) is 63.0 Å². The molecular formula is C28H30F4O. The zero-order chi connectivity index (χ0) is 23.4. The SMILES string of the molecule is CCCCCC1CCC(c2ccc(-c3ccc4c(F)c(OC(F)F)c(F)cc4c3)cc2)CC1. The lowest BCUT2D eigenvalue weighted by Crippen LogP contribution is -2.13. The van der Waals surface area contributed by atoms with Gasteiger partial charge in [0, 0.05) is 5.39 Å². The molecule has 5 heteroatoms. The molecule has 1 aliphatic rings. The zero-order valence-electron chi connectivity index (χ0n) is 18.9. The van der Waals surface area contributed by atoms with Crippen LogP contribution in [0.5, 0.6) is 5.75 Å². The molecule has 4 rings (SSSR count). The second-order valence-electron chi connectivity index (χ2n) is 9.15. The van der Waals surface area contributed by atoms with Gasteiger partial charge in [0.25, 0.3) is 0 Å². The first-order chi connectivity index (χ1) is 16.0. The van der Waals surface area contributed by atoms with Crippen LogP contribution in [-0.2, 0) is 0 Å². The van der Waals surface area contributed by atoms with Gasteiger partial charge in [-0.15, -0.1) is 0 Å². The molecule has 1 nitrogen and oxygen atoms in total. The number of rotatable bonds is 8. The number of hydrogen-bond donors (Lipinski definition) is 0. The molecule has 0 bridgehead atoms. The molecule has 3 aromatic rings. The molecule has 0 aliphatic heterocycles. The first-order valence-electron chi connectivity index (χ1n) is 11.9. The minimum atomic E-state index is -3.29. The van der Waals surface area contributed by atoms with Gasteiger partial charge >= 0.3 is 6.61 Å². The summed E-state index contributed by atoms with van der Waals surface area (Å²) in [5, 5.41) is 0.345. The second kappa shape index (κ2) is 10.6. The van der Waals surface area contributed by atoms with Crippen LogP contribution in [0.1, 0.15) is 69.8 Å². The quantitative estimate of drug-likeness (QED) is 0.241. The van der Waals surface area contributed by atoms with Crippen molar-refractivity contribution >= 4 is 10.8 Å². The minimum absolute atomic E-state index is 0.0446. The van der Waals surface area contributed by atoms with Crippen molar-refractivity contribution in [3.63, 3.8) is 0 Å². The average Bonchev–Trinajstić information content (AvgIpc) is 2.82. The van der Waals surface area contributed by atoms with Crippen LogP contribution >= 0.6 is 0 Å². The van der Waals surface area contributed by atoms with E-state index < -0.39 is 24.0 Å². The highest BCUT2D eigenvalue weighted by Crippen LogP contribution is 2.39. The lowest BCUT2D eigenvalue weighted by Gasteiger charge is -2.29. The Morgan fingerprint density at radius 3 is 2.24 bits per heavy atom. The molecule has 0 amide bonds. The fourth-order valence-corrected chi connectivity index (χ4v) is 5.10. The number of alkyl halides is 2. The van der Waals surface area contributed by atoms with Gasteiger partial charge in [0.2, 0.25) is 0 Å². The van der Waals surface area contributed by atoms with Crippen LogP contribution in [0.15, 0.2) is 48.5 Å². The van der Waals surface area contributed by atoms with E-state index in [0.29, 0.717) is 11.3 Å². The summed E-state index contributed by atoms with van der Waals surface area (Å²) in [6.45, 7) is -1.04.